The second kappa shape index (κ2) is 7.01. The highest BCUT2D eigenvalue weighted by Crippen LogP contribution is 2.26. The number of esters is 1. The van der Waals surface area contributed by atoms with Crippen molar-refractivity contribution in [2.24, 2.45) is 5.92 Å². The Morgan fingerprint density at radius 1 is 1.22 bits per heavy atom. The normalized spacial score (nSPS) is 12.3. The van der Waals surface area contributed by atoms with Gasteiger partial charge in [-0.2, -0.15) is 0 Å². The summed E-state index contributed by atoms with van der Waals surface area (Å²) in [5, 5.41) is 9.68. The maximum Gasteiger partial charge on any atom is 0.340 e. The number of carbonyl (C=O) groups excluding carboxylic acids is 1. The van der Waals surface area contributed by atoms with Crippen LogP contribution in [0.15, 0.2) is 24.3 Å². The van der Waals surface area contributed by atoms with Gasteiger partial charge in [0, 0.05) is 0 Å². The Bertz CT molecular complexity index is 387. The summed E-state index contributed by atoms with van der Waals surface area (Å²) in [6.07, 6.45) is 0.103. The van der Waals surface area contributed by atoms with E-state index in [2.05, 4.69) is 0 Å². The Kier molecular flexibility index (Phi) is 5.65. The van der Waals surface area contributed by atoms with Crippen LogP contribution in [0.5, 0.6) is 11.5 Å². The standard InChI is InChI=1S/C14H20O4/c1-10(2)8-9-11(15)14(16)18-13-7-5-4-6-12(13)17-3/h4-7,10-11,15H,8-9H2,1-3H3. The van der Waals surface area contributed by atoms with Crippen molar-refractivity contribution >= 4 is 5.97 Å². The fraction of sp³-hybridized carbons (Fsp3) is 0.500. The van der Waals surface area contributed by atoms with Crippen molar-refractivity contribution in [3.63, 3.8) is 0 Å². The lowest BCUT2D eigenvalue weighted by molar-refractivity contribution is -0.144. The van der Waals surface area contributed by atoms with E-state index in [1.54, 1.807) is 24.3 Å². The molecule has 0 aliphatic carbocycles. The molecule has 1 rings (SSSR count). The first-order valence-corrected chi connectivity index (χ1v) is 6.07. The minimum absolute atomic E-state index is 0.327. The minimum atomic E-state index is -1.09. The predicted octanol–water partition coefficient (Wildman–Crippen LogP) is 2.40. The van der Waals surface area contributed by atoms with Crippen LogP contribution >= 0.6 is 0 Å². The van der Waals surface area contributed by atoms with Gasteiger partial charge in [0.25, 0.3) is 0 Å². The lowest BCUT2D eigenvalue weighted by Gasteiger charge is -2.13. The molecule has 0 saturated carbocycles. The maximum atomic E-state index is 11.7. The van der Waals surface area contributed by atoms with Crippen molar-refractivity contribution < 1.29 is 19.4 Å². The summed E-state index contributed by atoms with van der Waals surface area (Å²) in [6, 6.07) is 6.85. The lowest BCUT2D eigenvalue weighted by atomic mass is 10.1. The molecule has 1 N–H and O–H groups in total. The third-order valence-electron chi connectivity index (χ3n) is 2.57. The maximum absolute atomic E-state index is 11.7. The molecule has 0 heterocycles. The van der Waals surface area contributed by atoms with Gasteiger partial charge in [-0.3, -0.25) is 0 Å². The topological polar surface area (TPSA) is 55.8 Å². The molecule has 0 amide bonds. The average molecular weight is 252 g/mol. The van der Waals surface area contributed by atoms with Crippen LogP contribution in [0.25, 0.3) is 0 Å². The fourth-order valence-electron chi connectivity index (χ4n) is 1.49. The molecule has 100 valence electrons. The molecule has 0 aliphatic heterocycles. The number of rotatable bonds is 6. The van der Waals surface area contributed by atoms with Gasteiger partial charge in [-0.1, -0.05) is 26.0 Å². The minimum Gasteiger partial charge on any atom is -0.493 e. The van der Waals surface area contributed by atoms with E-state index in [1.807, 2.05) is 13.8 Å². The Labute approximate surface area is 108 Å². The first-order chi connectivity index (χ1) is 8.54. The quantitative estimate of drug-likeness (QED) is 0.624. The molecule has 4 heteroatoms. The Balaban J connectivity index is 2.58. The highest BCUT2D eigenvalue weighted by molar-refractivity contribution is 5.77. The van der Waals surface area contributed by atoms with Gasteiger partial charge in [-0.05, 0) is 30.9 Å². The van der Waals surface area contributed by atoms with Gasteiger partial charge in [-0.15, -0.1) is 0 Å². The summed E-state index contributed by atoms with van der Waals surface area (Å²) in [5.41, 5.74) is 0. The van der Waals surface area contributed by atoms with E-state index in [-0.39, 0.29) is 0 Å². The molecule has 4 nitrogen and oxygen atoms in total. The van der Waals surface area contributed by atoms with E-state index in [0.29, 0.717) is 23.8 Å². The highest BCUT2D eigenvalue weighted by atomic mass is 16.6. The molecular weight excluding hydrogens is 232 g/mol. The number of carbonyl (C=O) groups is 1. The molecule has 1 aromatic rings. The number of hydrogen-bond acceptors (Lipinski definition) is 4. The number of hydrogen-bond donors (Lipinski definition) is 1. The predicted molar refractivity (Wildman–Crippen MR) is 68.7 cm³/mol. The van der Waals surface area contributed by atoms with Gasteiger partial charge in [0.05, 0.1) is 7.11 Å². The monoisotopic (exact) mass is 252 g/mol. The van der Waals surface area contributed by atoms with Crippen LogP contribution in [-0.4, -0.2) is 24.3 Å². The SMILES string of the molecule is COc1ccccc1OC(=O)C(O)CCC(C)C. The number of aliphatic hydroxyl groups is 1. The molecule has 0 spiro atoms. The summed E-state index contributed by atoms with van der Waals surface area (Å²) in [5.74, 6) is 0.606. The van der Waals surface area contributed by atoms with Crippen LogP contribution in [0, 0.1) is 5.92 Å². The largest absolute Gasteiger partial charge is 0.493 e. The van der Waals surface area contributed by atoms with Crippen molar-refractivity contribution in [3.05, 3.63) is 24.3 Å². The Morgan fingerprint density at radius 3 is 2.39 bits per heavy atom. The molecule has 0 radical (unpaired) electrons. The van der Waals surface area contributed by atoms with Crippen molar-refractivity contribution in [3.8, 4) is 11.5 Å². The van der Waals surface area contributed by atoms with Gasteiger partial charge >= 0.3 is 5.97 Å². The van der Waals surface area contributed by atoms with Gasteiger partial charge in [0.15, 0.2) is 17.6 Å². The number of ether oxygens (including phenoxy) is 2. The van der Waals surface area contributed by atoms with E-state index in [4.69, 9.17) is 9.47 Å². The van der Waals surface area contributed by atoms with Crippen LogP contribution in [0.3, 0.4) is 0 Å². The van der Waals surface area contributed by atoms with E-state index in [0.717, 1.165) is 6.42 Å². The van der Waals surface area contributed by atoms with Gasteiger partial charge < -0.3 is 14.6 Å². The summed E-state index contributed by atoms with van der Waals surface area (Å²) < 4.78 is 10.2. The van der Waals surface area contributed by atoms with Crippen LogP contribution in [-0.2, 0) is 4.79 Å². The van der Waals surface area contributed by atoms with Crippen LogP contribution in [0.1, 0.15) is 26.7 Å². The molecule has 18 heavy (non-hydrogen) atoms. The van der Waals surface area contributed by atoms with E-state index < -0.39 is 12.1 Å². The van der Waals surface area contributed by atoms with Crippen LogP contribution in [0.2, 0.25) is 0 Å². The molecule has 1 unspecified atom stereocenters. The number of para-hydroxylation sites is 2. The summed E-state index contributed by atoms with van der Waals surface area (Å²) in [6.45, 7) is 4.08. The Morgan fingerprint density at radius 2 is 1.83 bits per heavy atom. The second-order valence-corrected chi connectivity index (χ2v) is 4.56. The van der Waals surface area contributed by atoms with E-state index in [9.17, 15) is 9.90 Å². The van der Waals surface area contributed by atoms with Crippen molar-refractivity contribution in [2.75, 3.05) is 7.11 Å². The summed E-state index contributed by atoms with van der Waals surface area (Å²) in [7, 11) is 1.50. The zero-order valence-corrected chi connectivity index (χ0v) is 11.1. The fourth-order valence-corrected chi connectivity index (χ4v) is 1.49. The van der Waals surface area contributed by atoms with Crippen LogP contribution in [0.4, 0.5) is 0 Å². The van der Waals surface area contributed by atoms with Crippen molar-refractivity contribution in [1.29, 1.82) is 0 Å². The van der Waals surface area contributed by atoms with E-state index >= 15 is 0 Å². The first-order valence-electron chi connectivity index (χ1n) is 6.07. The molecule has 1 atom stereocenters. The Hall–Kier alpha value is -1.55. The smallest absolute Gasteiger partial charge is 0.340 e. The molecule has 0 saturated heterocycles. The molecule has 0 fully saturated rings. The van der Waals surface area contributed by atoms with Gasteiger partial charge in [-0.25, -0.2) is 4.79 Å². The number of methoxy groups -OCH3 is 1. The van der Waals surface area contributed by atoms with Crippen molar-refractivity contribution in [2.45, 2.75) is 32.8 Å². The first kappa shape index (κ1) is 14.5. The van der Waals surface area contributed by atoms with Gasteiger partial charge in [0.2, 0.25) is 0 Å². The zero-order valence-electron chi connectivity index (χ0n) is 11.1. The second-order valence-electron chi connectivity index (χ2n) is 4.56. The summed E-state index contributed by atoms with van der Waals surface area (Å²) >= 11 is 0. The van der Waals surface area contributed by atoms with Crippen molar-refractivity contribution in [1.82, 2.24) is 0 Å². The average Bonchev–Trinajstić information content (AvgIpc) is 2.36. The molecule has 0 aromatic heterocycles. The molecule has 1 aromatic carbocycles. The molecule has 0 bridgehead atoms. The third kappa shape index (κ3) is 4.37. The summed E-state index contributed by atoms with van der Waals surface area (Å²) in [4.78, 5) is 11.7. The zero-order chi connectivity index (χ0) is 13.5. The van der Waals surface area contributed by atoms with Crippen LogP contribution < -0.4 is 9.47 Å². The number of benzene rings is 1. The third-order valence-corrected chi connectivity index (χ3v) is 2.57. The molecule has 0 aliphatic rings. The van der Waals surface area contributed by atoms with Gasteiger partial charge in [0.1, 0.15) is 0 Å². The molecular formula is C14H20O4. The lowest BCUT2D eigenvalue weighted by Crippen LogP contribution is -2.26. The highest BCUT2D eigenvalue weighted by Gasteiger charge is 2.19. The van der Waals surface area contributed by atoms with E-state index in [1.165, 1.54) is 7.11 Å². The number of aliphatic hydroxyl groups excluding tert-OH is 1.